The van der Waals surface area contributed by atoms with E-state index in [1.807, 2.05) is 30.3 Å². The highest BCUT2D eigenvalue weighted by Gasteiger charge is 2.30. The first-order valence-corrected chi connectivity index (χ1v) is 11.5. The third kappa shape index (κ3) is 4.47. The van der Waals surface area contributed by atoms with Crippen LogP contribution in [0.1, 0.15) is 28.9 Å². The number of carbonyl (C=O) groups excluding carboxylic acids is 1. The lowest BCUT2D eigenvalue weighted by Gasteiger charge is -2.18. The van der Waals surface area contributed by atoms with Gasteiger partial charge in [-0.15, -0.1) is 0 Å². The molecule has 31 heavy (non-hydrogen) atoms. The second-order valence-electron chi connectivity index (χ2n) is 7.31. The molecule has 1 saturated heterocycles. The average Bonchev–Trinajstić information content (AvgIpc) is 3.51. The molecule has 2 heterocycles. The summed E-state index contributed by atoms with van der Waals surface area (Å²) in [6.07, 6.45) is 1.70. The van der Waals surface area contributed by atoms with Gasteiger partial charge in [0.05, 0.1) is 12.8 Å². The molecule has 8 nitrogen and oxygen atoms in total. The summed E-state index contributed by atoms with van der Waals surface area (Å²) < 4.78 is 32.9. The highest BCUT2D eigenvalue weighted by Crippen LogP contribution is 2.32. The lowest BCUT2D eigenvalue weighted by Crippen LogP contribution is -2.28. The van der Waals surface area contributed by atoms with Gasteiger partial charge in [-0.3, -0.25) is 9.89 Å². The van der Waals surface area contributed by atoms with Crippen LogP contribution < -0.4 is 10.1 Å². The van der Waals surface area contributed by atoms with Gasteiger partial charge in [0, 0.05) is 25.2 Å². The minimum atomic E-state index is -3.67. The number of carbonyl (C=O) groups is 1. The third-order valence-corrected chi connectivity index (χ3v) is 7.18. The van der Waals surface area contributed by atoms with E-state index in [1.165, 1.54) is 11.4 Å². The van der Waals surface area contributed by atoms with Crippen LogP contribution in [0.3, 0.4) is 0 Å². The summed E-state index contributed by atoms with van der Waals surface area (Å²) in [5.74, 6) is -0.00644. The summed E-state index contributed by atoms with van der Waals surface area (Å²) in [7, 11) is -2.22. The van der Waals surface area contributed by atoms with E-state index in [0.29, 0.717) is 36.6 Å². The average molecular weight is 441 g/mol. The van der Waals surface area contributed by atoms with Crippen molar-refractivity contribution >= 4 is 15.9 Å². The number of H-pyrrole nitrogens is 1. The van der Waals surface area contributed by atoms with Crippen LogP contribution in [-0.2, 0) is 16.6 Å². The van der Waals surface area contributed by atoms with Crippen LogP contribution in [0.15, 0.2) is 59.5 Å². The van der Waals surface area contributed by atoms with Crippen molar-refractivity contribution in [2.75, 3.05) is 20.2 Å². The van der Waals surface area contributed by atoms with E-state index in [9.17, 15) is 13.2 Å². The SMILES string of the molecule is COc1ccc(-c2cc(C(=O)NCc3ccccc3)[nH]n2)cc1S(=O)(=O)N1CCCC1. The van der Waals surface area contributed by atoms with E-state index in [2.05, 4.69) is 15.5 Å². The molecule has 2 aromatic carbocycles. The fraction of sp³-hybridized carbons (Fsp3) is 0.273. The summed E-state index contributed by atoms with van der Waals surface area (Å²) in [6, 6.07) is 16.1. The van der Waals surface area contributed by atoms with Gasteiger partial charge in [0.1, 0.15) is 16.3 Å². The van der Waals surface area contributed by atoms with Gasteiger partial charge in [-0.05, 0) is 42.7 Å². The molecule has 4 rings (SSSR count). The lowest BCUT2D eigenvalue weighted by molar-refractivity contribution is 0.0946. The smallest absolute Gasteiger partial charge is 0.269 e. The van der Waals surface area contributed by atoms with Crippen molar-refractivity contribution in [3.05, 3.63) is 65.9 Å². The zero-order chi connectivity index (χ0) is 21.8. The van der Waals surface area contributed by atoms with Crippen molar-refractivity contribution in [2.24, 2.45) is 0 Å². The van der Waals surface area contributed by atoms with Crippen molar-refractivity contribution in [1.82, 2.24) is 19.8 Å². The van der Waals surface area contributed by atoms with Gasteiger partial charge in [0.15, 0.2) is 0 Å². The summed E-state index contributed by atoms with van der Waals surface area (Å²) in [5, 5.41) is 9.77. The van der Waals surface area contributed by atoms with Crippen LogP contribution in [0.4, 0.5) is 0 Å². The maximum Gasteiger partial charge on any atom is 0.269 e. The Balaban J connectivity index is 1.56. The highest BCUT2D eigenvalue weighted by atomic mass is 32.2. The van der Waals surface area contributed by atoms with E-state index < -0.39 is 10.0 Å². The fourth-order valence-corrected chi connectivity index (χ4v) is 5.26. The molecule has 3 aromatic rings. The van der Waals surface area contributed by atoms with Crippen molar-refractivity contribution in [1.29, 1.82) is 0 Å². The summed E-state index contributed by atoms with van der Waals surface area (Å²) >= 11 is 0. The Labute approximate surface area is 181 Å². The Morgan fingerprint density at radius 3 is 2.58 bits per heavy atom. The number of ether oxygens (including phenoxy) is 1. The molecular weight excluding hydrogens is 416 g/mol. The van der Waals surface area contributed by atoms with Gasteiger partial charge in [0.2, 0.25) is 10.0 Å². The predicted molar refractivity (Wildman–Crippen MR) is 116 cm³/mol. The van der Waals surface area contributed by atoms with E-state index in [4.69, 9.17) is 4.74 Å². The predicted octanol–water partition coefficient (Wildman–Crippen LogP) is 2.80. The Kier molecular flexibility index (Phi) is 6.06. The highest BCUT2D eigenvalue weighted by molar-refractivity contribution is 7.89. The standard InChI is InChI=1S/C22H24N4O4S/c1-30-20-10-9-17(13-21(20)31(28,29)26-11-5-6-12-26)18-14-19(25-24-18)22(27)23-15-16-7-3-2-4-8-16/h2-4,7-10,13-14H,5-6,11-12,15H2,1H3,(H,23,27)(H,24,25). The quantitative estimate of drug-likeness (QED) is 0.588. The normalized spacial score (nSPS) is 14.5. The number of aromatic amines is 1. The first kappa shape index (κ1) is 21.1. The number of nitrogens with zero attached hydrogens (tertiary/aromatic N) is 2. The molecule has 0 bridgehead atoms. The molecule has 0 atom stereocenters. The lowest BCUT2D eigenvalue weighted by atomic mass is 10.1. The van der Waals surface area contributed by atoms with Gasteiger partial charge < -0.3 is 10.1 Å². The van der Waals surface area contributed by atoms with Gasteiger partial charge in [0.25, 0.3) is 5.91 Å². The van der Waals surface area contributed by atoms with Crippen LogP contribution in [-0.4, -0.2) is 49.0 Å². The zero-order valence-electron chi connectivity index (χ0n) is 17.2. The van der Waals surface area contributed by atoms with Crippen LogP contribution in [0.25, 0.3) is 11.3 Å². The van der Waals surface area contributed by atoms with Gasteiger partial charge >= 0.3 is 0 Å². The first-order chi connectivity index (χ1) is 15.0. The number of amides is 1. The number of benzene rings is 2. The minimum absolute atomic E-state index is 0.104. The third-order valence-electron chi connectivity index (χ3n) is 5.26. The molecule has 0 saturated carbocycles. The number of rotatable bonds is 7. The number of aromatic nitrogens is 2. The molecule has 0 unspecified atom stereocenters. The molecule has 0 aliphatic carbocycles. The molecule has 1 aliphatic heterocycles. The molecule has 162 valence electrons. The monoisotopic (exact) mass is 440 g/mol. The summed E-state index contributed by atoms with van der Waals surface area (Å²) in [5.41, 5.74) is 2.34. The molecular formula is C22H24N4O4S. The molecule has 1 aromatic heterocycles. The largest absolute Gasteiger partial charge is 0.495 e. The topological polar surface area (TPSA) is 104 Å². The van der Waals surface area contributed by atoms with Crippen molar-refractivity contribution < 1.29 is 17.9 Å². The van der Waals surface area contributed by atoms with E-state index in [0.717, 1.165) is 18.4 Å². The molecule has 2 N–H and O–H groups in total. The van der Waals surface area contributed by atoms with Crippen molar-refractivity contribution in [3.8, 4) is 17.0 Å². The Hall–Kier alpha value is -3.17. The maximum absolute atomic E-state index is 13.1. The second-order valence-corrected chi connectivity index (χ2v) is 9.22. The van der Waals surface area contributed by atoms with Crippen LogP contribution in [0, 0.1) is 0 Å². The Morgan fingerprint density at radius 2 is 1.87 bits per heavy atom. The van der Waals surface area contributed by atoms with Crippen molar-refractivity contribution in [2.45, 2.75) is 24.3 Å². The Morgan fingerprint density at radius 1 is 1.13 bits per heavy atom. The van der Waals surface area contributed by atoms with Crippen LogP contribution in [0.5, 0.6) is 5.75 Å². The molecule has 1 amide bonds. The number of methoxy groups -OCH3 is 1. The van der Waals surface area contributed by atoms with E-state index in [1.54, 1.807) is 24.3 Å². The summed E-state index contributed by atoms with van der Waals surface area (Å²) in [4.78, 5) is 12.6. The summed E-state index contributed by atoms with van der Waals surface area (Å²) in [6.45, 7) is 1.41. The van der Waals surface area contributed by atoms with E-state index in [-0.39, 0.29) is 16.6 Å². The van der Waals surface area contributed by atoms with Gasteiger partial charge in [-0.25, -0.2) is 8.42 Å². The van der Waals surface area contributed by atoms with E-state index >= 15 is 0 Å². The zero-order valence-corrected chi connectivity index (χ0v) is 18.0. The minimum Gasteiger partial charge on any atom is -0.495 e. The molecule has 9 heteroatoms. The van der Waals surface area contributed by atoms with Crippen LogP contribution in [0.2, 0.25) is 0 Å². The second kappa shape index (κ2) is 8.91. The molecule has 1 aliphatic rings. The van der Waals surface area contributed by atoms with Gasteiger partial charge in [-0.1, -0.05) is 30.3 Å². The van der Waals surface area contributed by atoms with Crippen molar-refractivity contribution in [3.63, 3.8) is 0 Å². The number of hydrogen-bond donors (Lipinski definition) is 2. The Bertz CT molecular complexity index is 1170. The number of hydrogen-bond acceptors (Lipinski definition) is 5. The maximum atomic E-state index is 13.1. The molecule has 0 radical (unpaired) electrons. The van der Waals surface area contributed by atoms with Crippen LogP contribution >= 0.6 is 0 Å². The fourth-order valence-electron chi connectivity index (χ4n) is 3.56. The molecule has 0 spiro atoms. The number of nitrogens with one attached hydrogen (secondary N) is 2. The molecule has 1 fully saturated rings. The van der Waals surface area contributed by atoms with Gasteiger partial charge in [-0.2, -0.15) is 9.40 Å². The first-order valence-electron chi connectivity index (χ1n) is 10.0. The number of sulfonamides is 1.